The highest BCUT2D eigenvalue weighted by Crippen LogP contribution is 2.34. The van der Waals surface area contributed by atoms with Gasteiger partial charge < -0.3 is 4.42 Å². The Morgan fingerprint density at radius 2 is 1.61 bits per heavy atom. The largest absolute Gasteiger partial charge is 0.455 e. The second-order valence-electron chi connectivity index (χ2n) is 4.41. The number of hydrogen-bond donors (Lipinski definition) is 0. The first-order valence-corrected chi connectivity index (χ1v) is 6.20. The third-order valence-electron chi connectivity index (χ3n) is 3.32. The van der Waals surface area contributed by atoms with Gasteiger partial charge in [-0.3, -0.25) is 0 Å². The summed E-state index contributed by atoms with van der Waals surface area (Å²) in [7, 11) is 0. The van der Waals surface area contributed by atoms with Crippen LogP contribution >= 0.6 is 11.6 Å². The fourth-order valence-corrected chi connectivity index (χ4v) is 2.66. The summed E-state index contributed by atoms with van der Waals surface area (Å²) in [5, 5.41) is 5.27. The molecule has 0 aliphatic carbocycles. The molecule has 0 fully saturated rings. The van der Waals surface area contributed by atoms with Crippen LogP contribution in [0.1, 0.15) is 0 Å². The van der Waals surface area contributed by atoms with Crippen molar-refractivity contribution in [1.29, 1.82) is 0 Å². The molecular formula is C16H9ClO. The highest BCUT2D eigenvalue weighted by atomic mass is 35.5. The van der Waals surface area contributed by atoms with Gasteiger partial charge in [-0.2, -0.15) is 0 Å². The smallest absolute Gasteiger partial charge is 0.143 e. The molecule has 2 heteroatoms. The highest BCUT2D eigenvalue weighted by Gasteiger charge is 2.09. The van der Waals surface area contributed by atoms with Crippen LogP contribution in [0.4, 0.5) is 0 Å². The molecule has 0 radical (unpaired) electrons. The molecule has 1 heterocycles. The Kier molecular flexibility index (Phi) is 1.94. The standard InChI is InChI=1S/C16H9ClO/c17-11-6-8-12-10(9-11)5-7-14-13-3-1-2-4-15(13)18-16(12)14/h1-9H. The fraction of sp³-hybridized carbons (Fsp3) is 0. The van der Waals surface area contributed by atoms with Gasteiger partial charge in [-0.1, -0.05) is 35.9 Å². The number of hydrogen-bond acceptors (Lipinski definition) is 1. The molecule has 1 nitrogen and oxygen atoms in total. The predicted octanol–water partition coefficient (Wildman–Crippen LogP) is 5.39. The molecule has 0 spiro atoms. The average molecular weight is 253 g/mol. The molecule has 86 valence electrons. The van der Waals surface area contributed by atoms with E-state index in [1.165, 1.54) is 0 Å². The SMILES string of the molecule is Clc1ccc2c(ccc3c4ccccc4oc23)c1. The van der Waals surface area contributed by atoms with Crippen LogP contribution < -0.4 is 0 Å². The van der Waals surface area contributed by atoms with Gasteiger partial charge in [0.15, 0.2) is 0 Å². The van der Waals surface area contributed by atoms with Gasteiger partial charge in [0.25, 0.3) is 0 Å². The van der Waals surface area contributed by atoms with Gasteiger partial charge in [-0.05, 0) is 35.7 Å². The minimum Gasteiger partial charge on any atom is -0.455 e. The predicted molar refractivity (Wildman–Crippen MR) is 76.2 cm³/mol. The van der Waals surface area contributed by atoms with Crippen molar-refractivity contribution in [3.8, 4) is 0 Å². The summed E-state index contributed by atoms with van der Waals surface area (Å²) in [4.78, 5) is 0. The maximum Gasteiger partial charge on any atom is 0.143 e. The first-order valence-electron chi connectivity index (χ1n) is 5.82. The molecular weight excluding hydrogens is 244 g/mol. The van der Waals surface area contributed by atoms with Gasteiger partial charge in [0.05, 0.1) is 0 Å². The van der Waals surface area contributed by atoms with E-state index in [9.17, 15) is 0 Å². The summed E-state index contributed by atoms with van der Waals surface area (Å²) in [6, 6.07) is 18.2. The number of fused-ring (bicyclic) bond motifs is 5. The Morgan fingerprint density at radius 3 is 2.56 bits per heavy atom. The Hall–Kier alpha value is -1.99. The summed E-state index contributed by atoms with van der Waals surface area (Å²) >= 11 is 6.02. The molecule has 0 N–H and O–H groups in total. The van der Waals surface area contributed by atoms with Crippen molar-refractivity contribution in [1.82, 2.24) is 0 Å². The van der Waals surface area contributed by atoms with Crippen molar-refractivity contribution < 1.29 is 4.42 Å². The number of rotatable bonds is 0. The molecule has 0 bridgehead atoms. The lowest BCUT2D eigenvalue weighted by Crippen LogP contribution is -1.73. The van der Waals surface area contributed by atoms with E-state index in [4.69, 9.17) is 16.0 Å². The third kappa shape index (κ3) is 1.28. The number of para-hydroxylation sites is 1. The number of benzene rings is 3. The second kappa shape index (κ2) is 3.50. The van der Waals surface area contributed by atoms with E-state index in [0.29, 0.717) is 0 Å². The van der Waals surface area contributed by atoms with Crippen molar-refractivity contribution in [3.63, 3.8) is 0 Å². The van der Waals surface area contributed by atoms with Crippen LogP contribution in [0, 0.1) is 0 Å². The van der Waals surface area contributed by atoms with E-state index >= 15 is 0 Å². The fourth-order valence-electron chi connectivity index (χ4n) is 2.48. The molecule has 0 saturated carbocycles. The summed E-state index contributed by atoms with van der Waals surface area (Å²) in [6.45, 7) is 0. The lowest BCUT2D eigenvalue weighted by Gasteiger charge is -1.99. The Balaban J connectivity index is 2.28. The van der Waals surface area contributed by atoms with E-state index in [2.05, 4.69) is 18.2 Å². The molecule has 0 unspecified atom stereocenters. The van der Waals surface area contributed by atoms with Crippen LogP contribution in [0.3, 0.4) is 0 Å². The Bertz CT molecular complexity index is 889. The second-order valence-corrected chi connectivity index (χ2v) is 4.84. The molecule has 3 aromatic carbocycles. The van der Waals surface area contributed by atoms with Crippen LogP contribution in [0.15, 0.2) is 59.0 Å². The molecule has 4 aromatic rings. The number of halogens is 1. The zero-order chi connectivity index (χ0) is 12.1. The summed E-state index contributed by atoms with van der Waals surface area (Å²) < 4.78 is 5.96. The maximum atomic E-state index is 6.02. The van der Waals surface area contributed by atoms with Crippen molar-refractivity contribution >= 4 is 44.3 Å². The first kappa shape index (κ1) is 9.98. The van der Waals surface area contributed by atoms with Gasteiger partial charge in [0.1, 0.15) is 11.2 Å². The Labute approximate surface area is 109 Å². The Morgan fingerprint density at radius 1 is 0.778 bits per heavy atom. The highest BCUT2D eigenvalue weighted by molar-refractivity contribution is 6.31. The van der Waals surface area contributed by atoms with Crippen LogP contribution in [-0.4, -0.2) is 0 Å². The van der Waals surface area contributed by atoms with E-state index in [-0.39, 0.29) is 0 Å². The van der Waals surface area contributed by atoms with Gasteiger partial charge in [-0.15, -0.1) is 0 Å². The topological polar surface area (TPSA) is 13.1 Å². The van der Waals surface area contributed by atoms with Gasteiger partial charge in [0, 0.05) is 21.2 Å². The summed E-state index contributed by atoms with van der Waals surface area (Å²) in [5.74, 6) is 0. The molecule has 0 aliphatic heterocycles. The van der Waals surface area contributed by atoms with Crippen LogP contribution in [0.25, 0.3) is 32.7 Å². The first-order chi connectivity index (χ1) is 8.83. The summed E-state index contributed by atoms with van der Waals surface area (Å²) in [6.07, 6.45) is 0. The van der Waals surface area contributed by atoms with E-state index in [1.54, 1.807) is 0 Å². The molecule has 0 amide bonds. The molecule has 1 aromatic heterocycles. The lowest BCUT2D eigenvalue weighted by molar-refractivity contribution is 0.672. The van der Waals surface area contributed by atoms with E-state index in [0.717, 1.165) is 37.7 Å². The molecule has 4 rings (SSSR count). The van der Waals surface area contributed by atoms with Gasteiger partial charge in [0.2, 0.25) is 0 Å². The zero-order valence-corrected chi connectivity index (χ0v) is 10.2. The molecule has 18 heavy (non-hydrogen) atoms. The number of furan rings is 1. The monoisotopic (exact) mass is 252 g/mol. The van der Waals surface area contributed by atoms with Crippen LogP contribution in [0.5, 0.6) is 0 Å². The van der Waals surface area contributed by atoms with Gasteiger partial charge in [-0.25, -0.2) is 0 Å². The summed E-state index contributed by atoms with van der Waals surface area (Å²) in [5.41, 5.74) is 1.86. The molecule has 0 aliphatic rings. The van der Waals surface area contributed by atoms with Crippen molar-refractivity contribution in [3.05, 3.63) is 59.6 Å². The maximum absolute atomic E-state index is 6.02. The van der Waals surface area contributed by atoms with Crippen molar-refractivity contribution in [2.24, 2.45) is 0 Å². The van der Waals surface area contributed by atoms with Gasteiger partial charge >= 0.3 is 0 Å². The quantitative estimate of drug-likeness (QED) is 0.409. The minimum atomic E-state index is 0.748. The van der Waals surface area contributed by atoms with E-state index < -0.39 is 0 Å². The third-order valence-corrected chi connectivity index (χ3v) is 3.56. The van der Waals surface area contributed by atoms with Crippen LogP contribution in [0.2, 0.25) is 5.02 Å². The van der Waals surface area contributed by atoms with Crippen LogP contribution in [-0.2, 0) is 0 Å². The molecule has 0 atom stereocenters. The normalized spacial score (nSPS) is 11.6. The van der Waals surface area contributed by atoms with E-state index in [1.807, 2.05) is 36.4 Å². The zero-order valence-electron chi connectivity index (χ0n) is 9.48. The van der Waals surface area contributed by atoms with Crippen molar-refractivity contribution in [2.75, 3.05) is 0 Å². The molecule has 0 saturated heterocycles. The lowest BCUT2D eigenvalue weighted by atomic mass is 10.1. The average Bonchev–Trinajstić information content (AvgIpc) is 2.77. The van der Waals surface area contributed by atoms with Crippen molar-refractivity contribution in [2.45, 2.75) is 0 Å². The minimum absolute atomic E-state index is 0.748.